The van der Waals surface area contributed by atoms with Crippen LogP contribution in [0.2, 0.25) is 0 Å². The molecule has 0 heterocycles. The molecular formula is C7H16N2O. The van der Waals surface area contributed by atoms with Gasteiger partial charge in [-0.1, -0.05) is 6.92 Å². The average Bonchev–Trinajstić information content (AvgIpc) is 1.85. The maximum absolute atomic E-state index is 10.3. The Hall–Kier alpha value is -0.570. The van der Waals surface area contributed by atoms with Gasteiger partial charge in [-0.05, 0) is 25.3 Å². The average molecular weight is 144 g/mol. The van der Waals surface area contributed by atoms with Crippen LogP contribution in [0.25, 0.3) is 0 Å². The van der Waals surface area contributed by atoms with E-state index in [-0.39, 0.29) is 5.91 Å². The van der Waals surface area contributed by atoms with Gasteiger partial charge in [-0.15, -0.1) is 0 Å². The number of primary amides is 1. The molecule has 0 saturated heterocycles. The topological polar surface area (TPSA) is 69.1 Å². The summed E-state index contributed by atoms with van der Waals surface area (Å²) in [7, 11) is 0. The number of carbonyl (C=O) groups is 1. The van der Waals surface area contributed by atoms with Gasteiger partial charge in [0.15, 0.2) is 0 Å². The van der Waals surface area contributed by atoms with Crippen LogP contribution in [0.4, 0.5) is 0 Å². The van der Waals surface area contributed by atoms with E-state index in [1.807, 2.05) is 0 Å². The van der Waals surface area contributed by atoms with E-state index in [1.165, 1.54) is 0 Å². The van der Waals surface area contributed by atoms with Crippen molar-refractivity contribution in [2.75, 3.05) is 6.54 Å². The lowest BCUT2D eigenvalue weighted by Crippen LogP contribution is -2.13. The van der Waals surface area contributed by atoms with E-state index in [2.05, 4.69) is 6.92 Å². The van der Waals surface area contributed by atoms with Crippen molar-refractivity contribution < 1.29 is 4.79 Å². The van der Waals surface area contributed by atoms with Gasteiger partial charge in [0.1, 0.15) is 0 Å². The Morgan fingerprint density at radius 2 is 2.10 bits per heavy atom. The summed E-state index contributed by atoms with van der Waals surface area (Å²) in [5.41, 5.74) is 10.3. The van der Waals surface area contributed by atoms with Crippen molar-refractivity contribution >= 4 is 5.91 Å². The van der Waals surface area contributed by atoms with Crippen LogP contribution in [-0.4, -0.2) is 12.5 Å². The molecule has 0 fully saturated rings. The summed E-state index contributed by atoms with van der Waals surface area (Å²) in [6.07, 6.45) is 2.33. The first-order valence-corrected chi connectivity index (χ1v) is 3.65. The molecule has 0 rings (SSSR count). The smallest absolute Gasteiger partial charge is 0.217 e. The summed E-state index contributed by atoms with van der Waals surface area (Å²) in [6, 6.07) is 0. The molecule has 0 aliphatic heterocycles. The highest BCUT2D eigenvalue weighted by molar-refractivity contribution is 5.73. The third kappa shape index (κ3) is 5.56. The van der Waals surface area contributed by atoms with Crippen LogP contribution in [-0.2, 0) is 4.79 Å². The molecule has 4 N–H and O–H groups in total. The highest BCUT2D eigenvalue weighted by atomic mass is 16.1. The van der Waals surface area contributed by atoms with Crippen LogP contribution < -0.4 is 11.5 Å². The van der Waals surface area contributed by atoms with Crippen molar-refractivity contribution in [2.45, 2.75) is 26.2 Å². The largest absolute Gasteiger partial charge is 0.370 e. The van der Waals surface area contributed by atoms with E-state index in [4.69, 9.17) is 11.5 Å². The molecule has 0 saturated carbocycles. The molecule has 3 nitrogen and oxygen atoms in total. The minimum Gasteiger partial charge on any atom is -0.370 e. The van der Waals surface area contributed by atoms with Crippen LogP contribution in [0.1, 0.15) is 26.2 Å². The Kier molecular flexibility index (Phi) is 4.94. The van der Waals surface area contributed by atoms with Gasteiger partial charge in [-0.25, -0.2) is 0 Å². The molecular weight excluding hydrogens is 128 g/mol. The summed E-state index contributed by atoms with van der Waals surface area (Å²) in [6.45, 7) is 2.77. The first-order chi connectivity index (χ1) is 4.66. The van der Waals surface area contributed by atoms with Crippen LogP contribution in [0.5, 0.6) is 0 Å². The molecule has 0 aromatic rings. The second-order valence-electron chi connectivity index (χ2n) is 2.69. The molecule has 10 heavy (non-hydrogen) atoms. The zero-order valence-corrected chi connectivity index (χ0v) is 6.47. The molecule has 0 radical (unpaired) electrons. The lowest BCUT2D eigenvalue weighted by atomic mass is 10.0. The van der Waals surface area contributed by atoms with Crippen molar-refractivity contribution in [2.24, 2.45) is 17.4 Å². The summed E-state index contributed by atoms with van der Waals surface area (Å²) < 4.78 is 0. The minimum absolute atomic E-state index is 0.219. The highest BCUT2D eigenvalue weighted by Gasteiger charge is 2.01. The van der Waals surface area contributed by atoms with E-state index in [0.29, 0.717) is 18.9 Å². The standard InChI is InChI=1S/C7H16N2O/c1-6(4-5-8)2-3-7(9)10/h6H,2-5,8H2,1H3,(H2,9,10)/t6-/m1/s1. The van der Waals surface area contributed by atoms with E-state index in [9.17, 15) is 4.79 Å². The monoisotopic (exact) mass is 144 g/mol. The predicted octanol–water partition coefficient (Wildman–Crippen LogP) is 0.237. The zero-order valence-electron chi connectivity index (χ0n) is 6.47. The maximum Gasteiger partial charge on any atom is 0.217 e. The molecule has 3 heteroatoms. The third-order valence-electron chi connectivity index (χ3n) is 1.54. The van der Waals surface area contributed by atoms with E-state index >= 15 is 0 Å². The Morgan fingerprint density at radius 1 is 1.50 bits per heavy atom. The van der Waals surface area contributed by atoms with E-state index in [1.54, 1.807) is 0 Å². The lowest BCUT2D eigenvalue weighted by molar-refractivity contribution is -0.118. The number of rotatable bonds is 5. The predicted molar refractivity (Wildman–Crippen MR) is 41.3 cm³/mol. The fourth-order valence-corrected chi connectivity index (χ4v) is 0.818. The van der Waals surface area contributed by atoms with Crippen molar-refractivity contribution in [3.63, 3.8) is 0 Å². The maximum atomic E-state index is 10.3. The SMILES string of the molecule is C[C@@H](CCN)CCC(N)=O. The van der Waals surface area contributed by atoms with Gasteiger partial charge in [0.05, 0.1) is 0 Å². The van der Waals surface area contributed by atoms with Crippen molar-refractivity contribution in [3.8, 4) is 0 Å². The van der Waals surface area contributed by atoms with E-state index in [0.717, 1.165) is 12.8 Å². The fraction of sp³-hybridized carbons (Fsp3) is 0.857. The first-order valence-electron chi connectivity index (χ1n) is 3.65. The van der Waals surface area contributed by atoms with Gasteiger partial charge in [0.2, 0.25) is 5.91 Å². The number of hydrogen-bond donors (Lipinski definition) is 2. The van der Waals surface area contributed by atoms with Gasteiger partial charge >= 0.3 is 0 Å². The lowest BCUT2D eigenvalue weighted by Gasteiger charge is -2.06. The number of amides is 1. The molecule has 1 atom stereocenters. The second kappa shape index (κ2) is 5.23. The van der Waals surface area contributed by atoms with Gasteiger partial charge < -0.3 is 11.5 Å². The fourth-order valence-electron chi connectivity index (χ4n) is 0.818. The molecule has 1 amide bonds. The molecule has 0 aliphatic carbocycles. The van der Waals surface area contributed by atoms with E-state index < -0.39 is 0 Å². The van der Waals surface area contributed by atoms with Crippen LogP contribution >= 0.6 is 0 Å². The van der Waals surface area contributed by atoms with Gasteiger partial charge in [0.25, 0.3) is 0 Å². The van der Waals surface area contributed by atoms with Crippen LogP contribution in [0.3, 0.4) is 0 Å². The van der Waals surface area contributed by atoms with Crippen molar-refractivity contribution in [1.29, 1.82) is 0 Å². The van der Waals surface area contributed by atoms with Gasteiger partial charge in [-0.3, -0.25) is 4.79 Å². The van der Waals surface area contributed by atoms with Crippen molar-refractivity contribution in [3.05, 3.63) is 0 Å². The third-order valence-corrected chi connectivity index (χ3v) is 1.54. The van der Waals surface area contributed by atoms with Gasteiger partial charge in [-0.2, -0.15) is 0 Å². The number of carbonyl (C=O) groups excluding carboxylic acids is 1. The summed E-state index contributed by atoms with van der Waals surface area (Å²) >= 11 is 0. The number of hydrogen-bond acceptors (Lipinski definition) is 2. The minimum atomic E-state index is -0.219. The normalized spacial score (nSPS) is 13.0. The van der Waals surface area contributed by atoms with Crippen molar-refractivity contribution in [1.82, 2.24) is 0 Å². The van der Waals surface area contributed by atoms with Crippen LogP contribution in [0.15, 0.2) is 0 Å². The molecule has 0 aromatic carbocycles. The Morgan fingerprint density at radius 3 is 2.50 bits per heavy atom. The Balaban J connectivity index is 3.21. The molecule has 0 unspecified atom stereocenters. The highest BCUT2D eigenvalue weighted by Crippen LogP contribution is 2.07. The number of nitrogens with two attached hydrogens (primary N) is 2. The Labute approximate surface area is 61.8 Å². The molecule has 0 aliphatic rings. The molecule has 60 valence electrons. The summed E-state index contributed by atoms with van der Waals surface area (Å²) in [5.74, 6) is 0.307. The molecule has 0 aromatic heterocycles. The molecule has 0 bridgehead atoms. The van der Waals surface area contributed by atoms with Crippen LogP contribution in [0, 0.1) is 5.92 Å². The quantitative estimate of drug-likeness (QED) is 0.580. The molecule has 0 spiro atoms. The summed E-state index contributed by atoms with van der Waals surface area (Å²) in [5, 5.41) is 0. The zero-order chi connectivity index (χ0) is 7.98. The Bertz CT molecular complexity index is 104. The first kappa shape index (κ1) is 9.43. The second-order valence-corrected chi connectivity index (χ2v) is 2.69. The van der Waals surface area contributed by atoms with Gasteiger partial charge in [0, 0.05) is 6.42 Å². The summed E-state index contributed by atoms with van der Waals surface area (Å²) in [4.78, 5) is 10.3.